The van der Waals surface area contributed by atoms with Crippen molar-refractivity contribution in [2.75, 3.05) is 0 Å². The van der Waals surface area contributed by atoms with Gasteiger partial charge in [-0.25, -0.2) is 9.37 Å². The largest absolute Gasteiger partial charge is 0.317 e. The van der Waals surface area contributed by atoms with Crippen molar-refractivity contribution in [3.8, 4) is 0 Å². The molecule has 2 aromatic heterocycles. The Kier molecular flexibility index (Phi) is 5.00. The molecule has 0 N–H and O–H groups in total. The summed E-state index contributed by atoms with van der Waals surface area (Å²) >= 11 is 1.56. The van der Waals surface area contributed by atoms with E-state index in [2.05, 4.69) is 23.4 Å². The molecule has 0 atom stereocenters. The molecule has 0 aliphatic rings. The van der Waals surface area contributed by atoms with Gasteiger partial charge in [-0.2, -0.15) is 0 Å². The molecule has 0 radical (unpaired) electrons. The number of imidazole rings is 1. The van der Waals surface area contributed by atoms with Gasteiger partial charge >= 0.3 is 0 Å². The van der Waals surface area contributed by atoms with E-state index in [0.29, 0.717) is 12.5 Å². The molecule has 0 unspecified atom stereocenters. The van der Waals surface area contributed by atoms with Crippen LogP contribution in [0.4, 0.5) is 4.39 Å². The summed E-state index contributed by atoms with van der Waals surface area (Å²) < 4.78 is 15.7. The molecular weight excluding hydrogens is 321 g/mol. The van der Waals surface area contributed by atoms with Gasteiger partial charge in [0.25, 0.3) is 0 Å². The summed E-state index contributed by atoms with van der Waals surface area (Å²) in [4.78, 5) is 10.0. The van der Waals surface area contributed by atoms with Crippen molar-refractivity contribution in [3.63, 3.8) is 0 Å². The number of aryl methyl sites for hydroxylation is 1. The molecule has 2 heterocycles. The quantitative estimate of drug-likeness (QED) is 0.651. The van der Waals surface area contributed by atoms with Crippen molar-refractivity contribution in [3.05, 3.63) is 71.7 Å². The summed E-state index contributed by atoms with van der Waals surface area (Å²) in [7, 11) is 0. The number of hydrogen-bond donors (Lipinski definition) is 0. The second-order valence-electron chi connectivity index (χ2n) is 5.97. The molecule has 0 bridgehead atoms. The minimum Gasteiger partial charge on any atom is -0.317 e. The molecule has 3 aromatic rings. The molecule has 24 heavy (non-hydrogen) atoms. The van der Waals surface area contributed by atoms with Crippen LogP contribution < -0.4 is 0 Å². The number of rotatable bonds is 5. The van der Waals surface area contributed by atoms with Crippen LogP contribution in [-0.2, 0) is 6.54 Å². The smallest absolute Gasteiger partial charge is 0.124 e. The number of pyridine rings is 1. The highest BCUT2D eigenvalue weighted by atomic mass is 32.2. The minimum absolute atomic E-state index is 0.224. The van der Waals surface area contributed by atoms with Gasteiger partial charge in [-0.15, -0.1) is 0 Å². The summed E-state index contributed by atoms with van der Waals surface area (Å²) in [5, 5.41) is 1.05. The van der Waals surface area contributed by atoms with Gasteiger partial charge < -0.3 is 4.57 Å². The number of aromatic nitrogens is 3. The van der Waals surface area contributed by atoms with Crippen LogP contribution in [0.2, 0.25) is 0 Å². The standard InChI is InChI=1S/C19H20FN3S/c1-13(2)18-19(24-17-9-6-7-15(20)11-17)23(14(3)22-18)12-16-8-4-5-10-21-16/h4-11,13H,12H2,1-3H3. The Labute approximate surface area is 146 Å². The maximum atomic E-state index is 13.5. The average Bonchev–Trinajstić information content (AvgIpc) is 2.85. The molecule has 0 saturated carbocycles. The third-order valence-electron chi connectivity index (χ3n) is 3.74. The van der Waals surface area contributed by atoms with Crippen LogP contribution in [0.15, 0.2) is 58.6 Å². The van der Waals surface area contributed by atoms with Gasteiger partial charge in [0.1, 0.15) is 16.7 Å². The van der Waals surface area contributed by atoms with E-state index in [1.54, 1.807) is 30.1 Å². The Balaban J connectivity index is 2.01. The summed E-state index contributed by atoms with van der Waals surface area (Å²) in [5.74, 6) is 1.02. The van der Waals surface area contributed by atoms with Crippen molar-refractivity contribution in [2.45, 2.75) is 43.2 Å². The van der Waals surface area contributed by atoms with E-state index in [1.165, 1.54) is 6.07 Å². The van der Waals surface area contributed by atoms with E-state index in [9.17, 15) is 4.39 Å². The van der Waals surface area contributed by atoms with Crippen LogP contribution in [0, 0.1) is 12.7 Å². The van der Waals surface area contributed by atoms with Crippen LogP contribution in [0.1, 0.15) is 37.0 Å². The molecule has 1 aromatic carbocycles. The van der Waals surface area contributed by atoms with Crippen LogP contribution in [0.25, 0.3) is 0 Å². The maximum absolute atomic E-state index is 13.5. The first-order valence-electron chi connectivity index (χ1n) is 7.95. The predicted molar refractivity (Wildman–Crippen MR) is 94.9 cm³/mol. The fourth-order valence-corrected chi connectivity index (χ4v) is 3.77. The van der Waals surface area contributed by atoms with Crippen molar-refractivity contribution in [2.24, 2.45) is 0 Å². The Hall–Kier alpha value is -2.14. The van der Waals surface area contributed by atoms with E-state index in [1.807, 2.05) is 31.2 Å². The van der Waals surface area contributed by atoms with Gasteiger partial charge in [-0.3, -0.25) is 4.98 Å². The van der Waals surface area contributed by atoms with Crippen molar-refractivity contribution >= 4 is 11.8 Å². The molecule has 0 aliphatic carbocycles. The molecule has 0 amide bonds. The lowest BCUT2D eigenvalue weighted by Gasteiger charge is -2.12. The van der Waals surface area contributed by atoms with E-state index >= 15 is 0 Å². The Morgan fingerprint density at radius 1 is 1.17 bits per heavy atom. The van der Waals surface area contributed by atoms with E-state index in [4.69, 9.17) is 4.98 Å². The van der Waals surface area contributed by atoms with Crippen LogP contribution in [0.3, 0.4) is 0 Å². The summed E-state index contributed by atoms with van der Waals surface area (Å²) in [6.45, 7) is 6.92. The van der Waals surface area contributed by atoms with Crippen LogP contribution in [-0.4, -0.2) is 14.5 Å². The average molecular weight is 341 g/mol. The highest BCUT2D eigenvalue weighted by Crippen LogP contribution is 2.35. The second-order valence-corrected chi connectivity index (χ2v) is 7.03. The van der Waals surface area contributed by atoms with Crippen molar-refractivity contribution < 1.29 is 4.39 Å². The van der Waals surface area contributed by atoms with Gasteiger partial charge in [-0.05, 0) is 43.2 Å². The molecule has 3 rings (SSSR count). The van der Waals surface area contributed by atoms with Crippen molar-refractivity contribution in [1.82, 2.24) is 14.5 Å². The SMILES string of the molecule is Cc1nc(C(C)C)c(Sc2cccc(F)c2)n1Cc1ccccn1. The Morgan fingerprint density at radius 2 is 2.00 bits per heavy atom. The van der Waals surface area contributed by atoms with E-state index < -0.39 is 0 Å². The minimum atomic E-state index is -0.224. The molecule has 0 spiro atoms. The lowest BCUT2D eigenvalue weighted by Crippen LogP contribution is -2.05. The van der Waals surface area contributed by atoms with E-state index in [-0.39, 0.29) is 5.82 Å². The van der Waals surface area contributed by atoms with Gasteiger partial charge in [0.15, 0.2) is 0 Å². The number of halogens is 1. The fraction of sp³-hybridized carbons (Fsp3) is 0.263. The molecule has 0 saturated heterocycles. The second kappa shape index (κ2) is 7.18. The summed E-state index contributed by atoms with van der Waals surface area (Å²) in [5.41, 5.74) is 2.02. The van der Waals surface area contributed by atoms with E-state index in [0.717, 1.165) is 27.1 Å². The summed E-state index contributed by atoms with van der Waals surface area (Å²) in [6, 6.07) is 12.6. The predicted octanol–water partition coefficient (Wildman–Crippen LogP) is 5.05. The molecule has 3 nitrogen and oxygen atoms in total. The molecule has 5 heteroatoms. The van der Waals surface area contributed by atoms with Gasteiger partial charge in [0, 0.05) is 11.1 Å². The first kappa shape index (κ1) is 16.7. The fourth-order valence-electron chi connectivity index (χ4n) is 2.53. The first-order chi connectivity index (χ1) is 11.5. The van der Waals surface area contributed by atoms with Gasteiger partial charge in [0.2, 0.25) is 0 Å². The normalized spacial score (nSPS) is 11.2. The molecule has 124 valence electrons. The maximum Gasteiger partial charge on any atom is 0.124 e. The topological polar surface area (TPSA) is 30.7 Å². The lowest BCUT2D eigenvalue weighted by molar-refractivity contribution is 0.624. The third-order valence-corrected chi connectivity index (χ3v) is 4.85. The Bertz CT molecular complexity index is 828. The monoisotopic (exact) mass is 341 g/mol. The van der Waals surface area contributed by atoms with Crippen molar-refractivity contribution in [1.29, 1.82) is 0 Å². The summed E-state index contributed by atoms with van der Waals surface area (Å²) in [6.07, 6.45) is 1.80. The third kappa shape index (κ3) is 3.67. The highest BCUT2D eigenvalue weighted by molar-refractivity contribution is 7.99. The van der Waals surface area contributed by atoms with Gasteiger partial charge in [0.05, 0.1) is 17.9 Å². The van der Waals surface area contributed by atoms with Crippen LogP contribution >= 0.6 is 11.8 Å². The first-order valence-corrected chi connectivity index (χ1v) is 8.76. The zero-order valence-electron chi connectivity index (χ0n) is 14.0. The zero-order chi connectivity index (χ0) is 17.1. The van der Waals surface area contributed by atoms with Gasteiger partial charge in [-0.1, -0.05) is 37.7 Å². The number of nitrogens with zero attached hydrogens (tertiary/aromatic N) is 3. The van der Waals surface area contributed by atoms with Crippen LogP contribution in [0.5, 0.6) is 0 Å². The zero-order valence-corrected chi connectivity index (χ0v) is 14.8. The number of benzene rings is 1. The Morgan fingerprint density at radius 3 is 2.67 bits per heavy atom. The highest BCUT2D eigenvalue weighted by Gasteiger charge is 2.19. The lowest BCUT2D eigenvalue weighted by atomic mass is 10.1. The number of hydrogen-bond acceptors (Lipinski definition) is 3. The molecule has 0 aliphatic heterocycles. The molecule has 0 fully saturated rings. The molecular formula is C19H20FN3S.